The van der Waals surface area contributed by atoms with E-state index < -0.39 is 0 Å². The molecular formula is C22H30N4O3. The Balaban J connectivity index is 1.30. The highest BCUT2D eigenvalue weighted by Gasteiger charge is 2.33. The van der Waals surface area contributed by atoms with E-state index in [2.05, 4.69) is 39.3 Å². The molecule has 7 heteroatoms. The summed E-state index contributed by atoms with van der Waals surface area (Å²) >= 11 is 0. The molecule has 0 spiro atoms. The van der Waals surface area contributed by atoms with Crippen LogP contribution >= 0.6 is 0 Å². The molecule has 2 saturated heterocycles. The number of likely N-dealkylation sites (tertiary alicyclic amines) is 1. The molecule has 4 rings (SSSR count). The van der Waals surface area contributed by atoms with E-state index in [1.165, 1.54) is 5.56 Å². The van der Waals surface area contributed by atoms with Crippen molar-refractivity contribution >= 4 is 5.91 Å². The molecule has 2 aliphatic heterocycles. The van der Waals surface area contributed by atoms with Gasteiger partial charge in [-0.2, -0.15) is 4.98 Å². The average Bonchev–Trinajstić information content (AvgIpc) is 3.25. The quantitative estimate of drug-likeness (QED) is 0.771. The topological polar surface area (TPSA) is 71.7 Å². The predicted molar refractivity (Wildman–Crippen MR) is 108 cm³/mol. The van der Waals surface area contributed by atoms with Gasteiger partial charge in [0.05, 0.1) is 13.2 Å². The number of amides is 1. The van der Waals surface area contributed by atoms with Crippen LogP contribution in [0.4, 0.5) is 0 Å². The smallest absolute Gasteiger partial charge is 0.229 e. The highest BCUT2D eigenvalue weighted by atomic mass is 16.5. The van der Waals surface area contributed by atoms with Gasteiger partial charge >= 0.3 is 0 Å². The summed E-state index contributed by atoms with van der Waals surface area (Å²) in [6.07, 6.45) is 1.52. The Morgan fingerprint density at radius 1 is 1.17 bits per heavy atom. The van der Waals surface area contributed by atoms with Gasteiger partial charge in [0.25, 0.3) is 0 Å². The van der Waals surface area contributed by atoms with E-state index >= 15 is 0 Å². The van der Waals surface area contributed by atoms with Crippen LogP contribution in [0.5, 0.6) is 0 Å². The average molecular weight is 399 g/mol. The Morgan fingerprint density at radius 3 is 2.62 bits per heavy atom. The van der Waals surface area contributed by atoms with Gasteiger partial charge in [0.15, 0.2) is 0 Å². The summed E-state index contributed by atoms with van der Waals surface area (Å²) in [5.41, 5.74) is 1.33. The number of carbonyl (C=O) groups excluding carboxylic acids is 1. The Labute approximate surface area is 172 Å². The van der Waals surface area contributed by atoms with Crippen molar-refractivity contribution in [2.24, 2.45) is 5.92 Å². The van der Waals surface area contributed by atoms with Crippen molar-refractivity contribution in [1.82, 2.24) is 19.9 Å². The Bertz CT molecular complexity index is 799. The second kappa shape index (κ2) is 9.05. The van der Waals surface area contributed by atoms with Crippen molar-refractivity contribution in [3.8, 4) is 0 Å². The number of morpholine rings is 1. The Morgan fingerprint density at radius 2 is 1.93 bits per heavy atom. The van der Waals surface area contributed by atoms with Gasteiger partial charge in [-0.25, -0.2) is 0 Å². The molecule has 0 unspecified atom stereocenters. The number of aromatic nitrogens is 2. The standard InChI is InChI=1S/C22H30N4O3/c1-16(2)21-23-20(24-29-21)19-15-26(12-13-28-19)22(27)18-8-10-25(11-9-18)14-17-6-4-3-5-7-17/h3-7,16,18-19H,8-15H2,1-2H3/t19-/m1/s1. The Kier molecular flexibility index (Phi) is 6.25. The third-order valence-corrected chi connectivity index (χ3v) is 5.80. The van der Waals surface area contributed by atoms with Crippen LogP contribution in [-0.2, 0) is 16.1 Å². The third-order valence-electron chi connectivity index (χ3n) is 5.80. The predicted octanol–water partition coefficient (Wildman–Crippen LogP) is 3.01. The van der Waals surface area contributed by atoms with E-state index in [1.807, 2.05) is 24.8 Å². The van der Waals surface area contributed by atoms with E-state index in [9.17, 15) is 4.79 Å². The molecule has 29 heavy (non-hydrogen) atoms. The van der Waals surface area contributed by atoms with Gasteiger partial charge < -0.3 is 14.2 Å². The van der Waals surface area contributed by atoms with Crippen LogP contribution in [0.2, 0.25) is 0 Å². The molecule has 1 amide bonds. The minimum atomic E-state index is -0.304. The van der Waals surface area contributed by atoms with Gasteiger partial charge in [0, 0.05) is 24.9 Å². The second-order valence-electron chi connectivity index (χ2n) is 8.33. The minimum Gasteiger partial charge on any atom is -0.366 e. The number of nitrogens with zero attached hydrogens (tertiary/aromatic N) is 4. The zero-order valence-corrected chi connectivity index (χ0v) is 17.3. The van der Waals surface area contributed by atoms with Gasteiger partial charge in [-0.15, -0.1) is 0 Å². The summed E-state index contributed by atoms with van der Waals surface area (Å²) in [5.74, 6) is 1.67. The normalized spacial score (nSPS) is 21.6. The van der Waals surface area contributed by atoms with Crippen LogP contribution in [0.15, 0.2) is 34.9 Å². The monoisotopic (exact) mass is 398 g/mol. The molecular weight excluding hydrogens is 368 g/mol. The van der Waals surface area contributed by atoms with Gasteiger partial charge in [-0.05, 0) is 31.5 Å². The first-order valence-corrected chi connectivity index (χ1v) is 10.6. The number of carbonyl (C=O) groups is 1. The van der Waals surface area contributed by atoms with Crippen LogP contribution in [-0.4, -0.2) is 58.6 Å². The first kappa shape index (κ1) is 20.0. The van der Waals surface area contributed by atoms with Gasteiger partial charge in [0.2, 0.25) is 17.6 Å². The lowest BCUT2D eigenvalue weighted by Gasteiger charge is -2.37. The molecule has 156 valence electrons. The van der Waals surface area contributed by atoms with Gasteiger partial charge in [-0.3, -0.25) is 9.69 Å². The van der Waals surface area contributed by atoms with E-state index in [1.54, 1.807) is 0 Å². The fourth-order valence-corrected chi connectivity index (χ4v) is 4.06. The zero-order chi connectivity index (χ0) is 20.2. The molecule has 0 aliphatic carbocycles. The summed E-state index contributed by atoms with van der Waals surface area (Å²) in [4.78, 5) is 21.9. The highest BCUT2D eigenvalue weighted by molar-refractivity contribution is 5.79. The first-order chi connectivity index (χ1) is 14.1. The molecule has 7 nitrogen and oxygen atoms in total. The molecule has 2 fully saturated rings. The number of rotatable bonds is 5. The lowest BCUT2D eigenvalue weighted by atomic mass is 9.94. The number of hydrogen-bond donors (Lipinski definition) is 0. The summed E-state index contributed by atoms with van der Waals surface area (Å²) in [5, 5.41) is 4.06. The summed E-state index contributed by atoms with van der Waals surface area (Å²) < 4.78 is 11.1. The maximum absolute atomic E-state index is 13.1. The maximum Gasteiger partial charge on any atom is 0.229 e. The fraction of sp³-hybridized carbons (Fsp3) is 0.591. The lowest BCUT2D eigenvalue weighted by Crippen LogP contribution is -2.47. The second-order valence-corrected chi connectivity index (χ2v) is 8.33. The van der Waals surface area contributed by atoms with Crippen molar-refractivity contribution < 1.29 is 14.1 Å². The fourth-order valence-electron chi connectivity index (χ4n) is 4.06. The van der Waals surface area contributed by atoms with Crippen LogP contribution in [0.3, 0.4) is 0 Å². The van der Waals surface area contributed by atoms with Crippen LogP contribution < -0.4 is 0 Å². The van der Waals surface area contributed by atoms with Crippen molar-refractivity contribution in [2.45, 2.75) is 45.3 Å². The van der Waals surface area contributed by atoms with Crippen molar-refractivity contribution in [2.75, 3.05) is 32.8 Å². The number of hydrogen-bond acceptors (Lipinski definition) is 6. The van der Waals surface area contributed by atoms with Gasteiger partial charge in [0.1, 0.15) is 6.10 Å². The highest BCUT2D eigenvalue weighted by Crippen LogP contribution is 2.26. The van der Waals surface area contributed by atoms with E-state index in [0.29, 0.717) is 31.4 Å². The number of benzene rings is 1. The number of piperidine rings is 1. The molecule has 0 radical (unpaired) electrons. The SMILES string of the molecule is CC(C)c1nc([C@H]2CN(C(=O)C3CCN(Cc4ccccc4)CC3)CCO2)no1. The van der Waals surface area contributed by atoms with Crippen LogP contribution in [0.1, 0.15) is 56.0 Å². The van der Waals surface area contributed by atoms with E-state index in [-0.39, 0.29) is 23.8 Å². The summed E-state index contributed by atoms with van der Waals surface area (Å²) in [6, 6.07) is 10.5. The number of ether oxygens (including phenoxy) is 1. The minimum absolute atomic E-state index is 0.0947. The van der Waals surface area contributed by atoms with E-state index in [0.717, 1.165) is 32.5 Å². The summed E-state index contributed by atoms with van der Waals surface area (Å²) in [6.45, 7) is 8.54. The van der Waals surface area contributed by atoms with Crippen molar-refractivity contribution in [1.29, 1.82) is 0 Å². The molecule has 3 heterocycles. The van der Waals surface area contributed by atoms with Crippen LogP contribution in [0, 0.1) is 5.92 Å². The molecule has 0 N–H and O–H groups in total. The molecule has 1 aromatic carbocycles. The van der Waals surface area contributed by atoms with E-state index in [4.69, 9.17) is 9.26 Å². The van der Waals surface area contributed by atoms with Crippen molar-refractivity contribution in [3.05, 3.63) is 47.6 Å². The largest absolute Gasteiger partial charge is 0.366 e. The third kappa shape index (κ3) is 4.85. The molecule has 2 aliphatic rings. The van der Waals surface area contributed by atoms with Crippen molar-refractivity contribution in [3.63, 3.8) is 0 Å². The van der Waals surface area contributed by atoms with Gasteiger partial charge in [-0.1, -0.05) is 49.3 Å². The summed E-state index contributed by atoms with van der Waals surface area (Å²) in [7, 11) is 0. The molecule has 2 aromatic rings. The molecule has 1 atom stereocenters. The first-order valence-electron chi connectivity index (χ1n) is 10.6. The molecule has 0 bridgehead atoms. The molecule has 1 aromatic heterocycles. The molecule has 0 saturated carbocycles. The lowest BCUT2D eigenvalue weighted by molar-refractivity contribution is -0.145. The Hall–Kier alpha value is -2.25. The maximum atomic E-state index is 13.1. The van der Waals surface area contributed by atoms with Crippen LogP contribution in [0.25, 0.3) is 0 Å². The zero-order valence-electron chi connectivity index (χ0n) is 17.3.